The highest BCUT2D eigenvalue weighted by molar-refractivity contribution is 6.07. The highest BCUT2D eigenvalue weighted by Crippen LogP contribution is 2.35. The lowest BCUT2D eigenvalue weighted by Gasteiger charge is -2.29. The van der Waals surface area contributed by atoms with Crippen LogP contribution in [0.3, 0.4) is 0 Å². The summed E-state index contributed by atoms with van der Waals surface area (Å²) >= 11 is 0. The van der Waals surface area contributed by atoms with E-state index < -0.39 is 0 Å². The maximum atomic E-state index is 13.1. The third kappa shape index (κ3) is 3.58. The van der Waals surface area contributed by atoms with Crippen LogP contribution in [0.5, 0.6) is 0 Å². The van der Waals surface area contributed by atoms with E-state index >= 15 is 0 Å². The molecule has 0 aliphatic carbocycles. The summed E-state index contributed by atoms with van der Waals surface area (Å²) in [5.74, 6) is 1.58. The Morgan fingerprint density at radius 1 is 1.24 bits per heavy atom. The lowest BCUT2D eigenvalue weighted by molar-refractivity contribution is 0.0624. The molecule has 8 heteroatoms. The zero-order chi connectivity index (χ0) is 23.1. The molecule has 1 aromatic carbocycles. The van der Waals surface area contributed by atoms with Gasteiger partial charge in [-0.2, -0.15) is 9.61 Å². The molecular formula is C26H28N6O2. The normalized spacial score (nSPS) is 18.7. The Bertz CT molecular complexity index is 1380. The van der Waals surface area contributed by atoms with E-state index in [9.17, 15) is 4.79 Å². The van der Waals surface area contributed by atoms with Gasteiger partial charge in [0.25, 0.3) is 0 Å². The van der Waals surface area contributed by atoms with Gasteiger partial charge in [-0.05, 0) is 25.0 Å². The summed E-state index contributed by atoms with van der Waals surface area (Å²) in [6, 6.07) is 10.2. The van der Waals surface area contributed by atoms with E-state index in [0.29, 0.717) is 18.5 Å². The van der Waals surface area contributed by atoms with Crippen LogP contribution in [0.25, 0.3) is 27.7 Å². The van der Waals surface area contributed by atoms with Crippen LogP contribution in [0.1, 0.15) is 43.0 Å². The molecule has 0 spiro atoms. The predicted molar refractivity (Wildman–Crippen MR) is 133 cm³/mol. The van der Waals surface area contributed by atoms with Gasteiger partial charge >= 0.3 is 0 Å². The Kier molecular flexibility index (Phi) is 5.37. The topological polar surface area (TPSA) is 84.7 Å². The molecule has 0 bridgehead atoms. The number of fused-ring (bicyclic) bond motifs is 4. The number of pyridine rings is 1. The van der Waals surface area contributed by atoms with E-state index in [-0.39, 0.29) is 11.9 Å². The first-order chi connectivity index (χ1) is 16.7. The van der Waals surface area contributed by atoms with Gasteiger partial charge in [0.1, 0.15) is 17.2 Å². The molecule has 1 atom stereocenters. The fourth-order valence-corrected chi connectivity index (χ4v) is 5.06. The number of benzene rings is 1. The van der Waals surface area contributed by atoms with Gasteiger partial charge in [0, 0.05) is 55.4 Å². The minimum Gasteiger partial charge on any atom is -0.376 e. The van der Waals surface area contributed by atoms with E-state index in [2.05, 4.69) is 39.4 Å². The first-order valence-corrected chi connectivity index (χ1v) is 12.1. The Morgan fingerprint density at radius 2 is 2.15 bits per heavy atom. The fourth-order valence-electron chi connectivity index (χ4n) is 5.06. The molecule has 34 heavy (non-hydrogen) atoms. The molecule has 3 aromatic heterocycles. The summed E-state index contributed by atoms with van der Waals surface area (Å²) in [6.45, 7) is 5.05. The highest BCUT2D eigenvalue weighted by atomic mass is 16.5. The van der Waals surface area contributed by atoms with E-state index in [4.69, 9.17) is 9.72 Å². The molecule has 1 saturated heterocycles. The summed E-state index contributed by atoms with van der Waals surface area (Å²) in [5, 5.41) is 9.14. The van der Waals surface area contributed by atoms with Crippen LogP contribution in [-0.4, -0.2) is 57.7 Å². The molecule has 1 unspecified atom stereocenters. The van der Waals surface area contributed by atoms with Crippen LogP contribution in [0.2, 0.25) is 0 Å². The Hall–Kier alpha value is -3.52. The van der Waals surface area contributed by atoms with Gasteiger partial charge in [0.05, 0.1) is 17.8 Å². The number of anilines is 2. The zero-order valence-corrected chi connectivity index (χ0v) is 19.3. The van der Waals surface area contributed by atoms with Gasteiger partial charge in [0.2, 0.25) is 0 Å². The number of aromatic nitrogens is 4. The molecule has 5 heterocycles. The van der Waals surface area contributed by atoms with Crippen molar-refractivity contribution in [1.82, 2.24) is 19.6 Å². The van der Waals surface area contributed by atoms with Crippen LogP contribution in [0.15, 0.2) is 42.7 Å². The largest absolute Gasteiger partial charge is 0.376 e. The van der Waals surface area contributed by atoms with Gasteiger partial charge in [-0.3, -0.25) is 9.78 Å². The Morgan fingerprint density at radius 3 is 3.06 bits per heavy atom. The van der Waals surface area contributed by atoms with Crippen LogP contribution < -0.4 is 10.2 Å². The Labute approximate surface area is 198 Å². The summed E-state index contributed by atoms with van der Waals surface area (Å²) in [7, 11) is 0. The van der Waals surface area contributed by atoms with Crippen molar-refractivity contribution < 1.29 is 9.53 Å². The fraction of sp³-hybridized carbons (Fsp3) is 0.385. The maximum Gasteiger partial charge on any atom is 0.172 e. The summed E-state index contributed by atoms with van der Waals surface area (Å²) < 4.78 is 7.85. The molecular weight excluding hydrogens is 428 g/mol. The van der Waals surface area contributed by atoms with Crippen molar-refractivity contribution in [2.24, 2.45) is 0 Å². The number of hydrogen-bond donors (Lipinski definition) is 1. The first-order valence-electron chi connectivity index (χ1n) is 12.1. The highest BCUT2D eigenvalue weighted by Gasteiger charge is 2.31. The number of hydrogen-bond acceptors (Lipinski definition) is 7. The standard InChI is InChI=1S/C26H28N6O2/c1-2-6-19-16-31(11-5-12-34-19)26-23-22(33)9-10-27-25(23)32-24(30-26)20(15-29-32)18-13-17-7-3-4-8-21(17)28-14-18/h3-4,7-8,13-15,19,27H,2,5-6,9-12,16H2,1H3. The Balaban J connectivity index is 1.52. The van der Waals surface area contributed by atoms with Gasteiger partial charge in [-0.1, -0.05) is 31.5 Å². The van der Waals surface area contributed by atoms with Gasteiger partial charge in [-0.15, -0.1) is 0 Å². The van der Waals surface area contributed by atoms with Crippen LogP contribution in [0, 0.1) is 0 Å². The number of nitrogens with one attached hydrogen (secondary N) is 1. The van der Waals surface area contributed by atoms with Gasteiger partial charge in [-0.25, -0.2) is 4.98 Å². The molecule has 0 amide bonds. The minimum absolute atomic E-state index is 0.111. The van der Waals surface area contributed by atoms with Crippen molar-refractivity contribution in [1.29, 1.82) is 0 Å². The lowest BCUT2D eigenvalue weighted by Crippen LogP contribution is -2.35. The minimum atomic E-state index is 0.111. The van der Waals surface area contributed by atoms with E-state index in [0.717, 1.165) is 78.3 Å². The lowest BCUT2D eigenvalue weighted by atomic mass is 10.0. The van der Waals surface area contributed by atoms with Crippen LogP contribution in [-0.2, 0) is 4.74 Å². The molecule has 2 aliphatic heterocycles. The molecule has 2 aliphatic rings. The average Bonchev–Trinajstić information content (AvgIpc) is 3.15. The molecule has 8 nitrogen and oxygen atoms in total. The van der Waals surface area contributed by atoms with Crippen LogP contribution >= 0.6 is 0 Å². The SMILES string of the molecule is CCCC1CN(c2nc3c(-c4cnc5ccccc5c4)cnn3c3c2C(=O)CCN3)CCCO1. The zero-order valence-electron chi connectivity index (χ0n) is 19.3. The number of carbonyl (C=O) groups excluding carboxylic acids is 1. The number of nitrogens with zero attached hydrogens (tertiary/aromatic N) is 5. The summed E-state index contributed by atoms with van der Waals surface area (Å²) in [6.07, 6.45) is 7.25. The van der Waals surface area contributed by atoms with Gasteiger partial charge in [0.15, 0.2) is 11.4 Å². The van der Waals surface area contributed by atoms with Crippen molar-refractivity contribution in [2.75, 3.05) is 36.5 Å². The first kappa shape index (κ1) is 21.0. The maximum absolute atomic E-state index is 13.1. The number of Topliss-reactive ketones (excluding diaryl/α,β-unsaturated/α-hetero) is 1. The molecule has 174 valence electrons. The number of carbonyl (C=O) groups is 1. The van der Waals surface area contributed by atoms with Crippen molar-refractivity contribution in [2.45, 2.75) is 38.7 Å². The van der Waals surface area contributed by atoms with Crippen molar-refractivity contribution in [3.8, 4) is 11.1 Å². The number of rotatable bonds is 4. The summed E-state index contributed by atoms with van der Waals surface area (Å²) in [4.78, 5) is 25.1. The molecule has 4 aromatic rings. The van der Waals surface area contributed by atoms with E-state index in [1.165, 1.54) is 0 Å². The second-order valence-corrected chi connectivity index (χ2v) is 9.05. The second kappa shape index (κ2) is 8.68. The predicted octanol–water partition coefficient (Wildman–Crippen LogP) is 4.34. The monoisotopic (exact) mass is 456 g/mol. The summed E-state index contributed by atoms with van der Waals surface area (Å²) in [5.41, 5.74) is 4.18. The number of ether oxygens (including phenoxy) is 1. The van der Waals surface area contributed by atoms with Crippen molar-refractivity contribution in [3.63, 3.8) is 0 Å². The van der Waals surface area contributed by atoms with Crippen molar-refractivity contribution in [3.05, 3.63) is 48.3 Å². The molecule has 6 rings (SSSR count). The number of para-hydroxylation sites is 1. The molecule has 1 fully saturated rings. The van der Waals surface area contributed by atoms with E-state index in [1.807, 2.05) is 30.6 Å². The molecule has 1 N–H and O–H groups in total. The third-order valence-corrected chi connectivity index (χ3v) is 6.71. The van der Waals surface area contributed by atoms with Crippen molar-refractivity contribution >= 4 is 34.0 Å². The van der Waals surface area contributed by atoms with Crippen LogP contribution in [0.4, 0.5) is 11.6 Å². The van der Waals surface area contributed by atoms with E-state index in [1.54, 1.807) is 4.52 Å². The quantitative estimate of drug-likeness (QED) is 0.489. The smallest absolute Gasteiger partial charge is 0.172 e. The second-order valence-electron chi connectivity index (χ2n) is 9.05. The van der Waals surface area contributed by atoms with Gasteiger partial charge < -0.3 is 15.0 Å². The molecule has 0 radical (unpaired) electrons. The number of ketones is 1. The average molecular weight is 457 g/mol. The molecule has 0 saturated carbocycles. The third-order valence-electron chi connectivity index (χ3n) is 6.71.